The van der Waals surface area contributed by atoms with Crippen LogP contribution < -0.4 is 10.1 Å². The first-order chi connectivity index (χ1) is 15.7. The van der Waals surface area contributed by atoms with Crippen molar-refractivity contribution in [2.45, 2.75) is 19.1 Å². The van der Waals surface area contributed by atoms with Gasteiger partial charge in [-0.3, -0.25) is 0 Å². The van der Waals surface area contributed by atoms with Crippen LogP contribution in [0, 0.1) is 0 Å². The maximum absolute atomic E-state index is 10.7. The van der Waals surface area contributed by atoms with E-state index in [0.29, 0.717) is 6.42 Å². The molecule has 0 amide bonds. The Balaban J connectivity index is 1.53. The van der Waals surface area contributed by atoms with E-state index in [1.165, 1.54) is 27.5 Å². The molecule has 0 aliphatic rings. The third-order valence-electron chi connectivity index (χ3n) is 5.70. The van der Waals surface area contributed by atoms with Crippen molar-refractivity contribution in [2.24, 2.45) is 0 Å². The van der Waals surface area contributed by atoms with Crippen molar-refractivity contribution in [3.63, 3.8) is 0 Å². The summed E-state index contributed by atoms with van der Waals surface area (Å²) in [5, 5.41) is 16.8. The van der Waals surface area contributed by atoms with Crippen molar-refractivity contribution < 1.29 is 9.84 Å². The van der Waals surface area contributed by atoms with Crippen molar-refractivity contribution in [3.05, 3.63) is 120 Å². The molecule has 4 aromatic rings. The van der Waals surface area contributed by atoms with E-state index in [0.717, 1.165) is 24.4 Å². The van der Waals surface area contributed by atoms with Gasteiger partial charge in [-0.2, -0.15) is 0 Å². The van der Waals surface area contributed by atoms with Crippen molar-refractivity contribution in [2.75, 3.05) is 13.7 Å². The van der Waals surface area contributed by atoms with Crippen LogP contribution in [-0.2, 0) is 6.54 Å². The second-order valence-corrected chi connectivity index (χ2v) is 7.91. The molecule has 3 nitrogen and oxygen atoms in total. The monoisotopic (exact) mass is 423 g/mol. The molecule has 2 N–H and O–H groups in total. The van der Waals surface area contributed by atoms with Gasteiger partial charge in [0.15, 0.2) is 0 Å². The normalized spacial score (nSPS) is 12.6. The van der Waals surface area contributed by atoms with Crippen LogP contribution in [0.5, 0.6) is 5.75 Å². The van der Waals surface area contributed by atoms with Crippen molar-refractivity contribution in [3.8, 4) is 5.75 Å². The standard InChI is InChI=1S/C29H29NO2/c1-32-28-16-13-24(14-17-28)29(31)18-15-27(21-30-20-22-7-3-2-4-8-22)26-12-11-23-9-5-6-10-25(23)19-26/h2-17,19,29-31H,18,20-21H2,1H3/b27-15+. The predicted molar refractivity (Wildman–Crippen MR) is 133 cm³/mol. The highest BCUT2D eigenvalue weighted by atomic mass is 16.5. The molecule has 0 saturated carbocycles. The number of ether oxygens (including phenoxy) is 1. The van der Waals surface area contributed by atoms with Crippen LogP contribution in [0.15, 0.2) is 103 Å². The molecule has 0 aliphatic heterocycles. The molecule has 0 bridgehead atoms. The fourth-order valence-corrected chi connectivity index (χ4v) is 3.83. The minimum atomic E-state index is -0.564. The second kappa shape index (κ2) is 10.8. The van der Waals surface area contributed by atoms with Gasteiger partial charge in [0.2, 0.25) is 0 Å². The summed E-state index contributed by atoms with van der Waals surface area (Å²) in [4.78, 5) is 0. The summed E-state index contributed by atoms with van der Waals surface area (Å²) in [6, 6.07) is 32.9. The number of nitrogens with one attached hydrogen (secondary N) is 1. The molecular formula is C29H29NO2. The number of methoxy groups -OCH3 is 1. The maximum Gasteiger partial charge on any atom is 0.118 e. The SMILES string of the molecule is COc1ccc(C(O)C/C=C(\CNCc2ccccc2)c2ccc3ccccc3c2)cc1. The Hall–Kier alpha value is -3.40. The second-order valence-electron chi connectivity index (χ2n) is 7.91. The van der Waals surface area contributed by atoms with Gasteiger partial charge in [0.25, 0.3) is 0 Å². The molecule has 1 atom stereocenters. The average molecular weight is 424 g/mol. The third-order valence-corrected chi connectivity index (χ3v) is 5.70. The van der Waals surface area contributed by atoms with Crippen molar-refractivity contribution in [1.82, 2.24) is 5.32 Å². The van der Waals surface area contributed by atoms with Crippen LogP contribution in [0.4, 0.5) is 0 Å². The van der Waals surface area contributed by atoms with E-state index in [-0.39, 0.29) is 0 Å². The molecular weight excluding hydrogens is 394 g/mol. The van der Waals surface area contributed by atoms with Gasteiger partial charge in [-0.1, -0.05) is 84.9 Å². The highest BCUT2D eigenvalue weighted by molar-refractivity contribution is 5.86. The van der Waals surface area contributed by atoms with Gasteiger partial charge in [-0.05, 0) is 57.7 Å². The van der Waals surface area contributed by atoms with Crippen LogP contribution in [0.1, 0.15) is 29.2 Å². The minimum Gasteiger partial charge on any atom is -0.497 e. The van der Waals surface area contributed by atoms with Gasteiger partial charge in [0.05, 0.1) is 13.2 Å². The van der Waals surface area contributed by atoms with E-state index in [1.54, 1.807) is 7.11 Å². The molecule has 162 valence electrons. The molecule has 32 heavy (non-hydrogen) atoms. The summed E-state index contributed by atoms with van der Waals surface area (Å²) in [5.74, 6) is 0.790. The number of benzene rings is 4. The summed E-state index contributed by atoms with van der Waals surface area (Å²) >= 11 is 0. The highest BCUT2D eigenvalue weighted by Crippen LogP contribution is 2.25. The average Bonchev–Trinajstić information content (AvgIpc) is 2.86. The Morgan fingerprint density at radius 2 is 1.59 bits per heavy atom. The van der Waals surface area contributed by atoms with E-state index >= 15 is 0 Å². The number of fused-ring (bicyclic) bond motifs is 1. The number of hydrogen-bond donors (Lipinski definition) is 2. The zero-order valence-corrected chi connectivity index (χ0v) is 18.4. The topological polar surface area (TPSA) is 41.5 Å². The molecule has 4 rings (SSSR count). The van der Waals surface area contributed by atoms with Gasteiger partial charge in [0, 0.05) is 13.1 Å². The number of aliphatic hydroxyl groups is 1. The van der Waals surface area contributed by atoms with Gasteiger partial charge in [-0.15, -0.1) is 0 Å². The van der Waals surface area contributed by atoms with Crippen LogP contribution >= 0.6 is 0 Å². The zero-order valence-electron chi connectivity index (χ0n) is 18.4. The molecule has 1 unspecified atom stereocenters. The molecule has 0 saturated heterocycles. The van der Waals surface area contributed by atoms with Gasteiger partial charge < -0.3 is 15.2 Å². The lowest BCUT2D eigenvalue weighted by molar-refractivity contribution is 0.181. The number of aliphatic hydroxyl groups excluding tert-OH is 1. The van der Waals surface area contributed by atoms with Crippen LogP contribution in [-0.4, -0.2) is 18.8 Å². The molecule has 0 spiro atoms. The molecule has 0 heterocycles. The fourth-order valence-electron chi connectivity index (χ4n) is 3.83. The van der Waals surface area contributed by atoms with E-state index in [4.69, 9.17) is 4.74 Å². The Kier molecular flexibility index (Phi) is 7.34. The Labute approximate surface area is 190 Å². The molecule has 0 radical (unpaired) electrons. The number of rotatable bonds is 9. The first kappa shape index (κ1) is 21.8. The molecule has 0 aromatic heterocycles. The van der Waals surface area contributed by atoms with Crippen LogP contribution in [0.3, 0.4) is 0 Å². The van der Waals surface area contributed by atoms with E-state index in [2.05, 4.69) is 78.1 Å². The summed E-state index contributed by atoms with van der Waals surface area (Å²) in [5.41, 5.74) is 4.49. The predicted octanol–water partition coefficient (Wildman–Crippen LogP) is 6.15. The van der Waals surface area contributed by atoms with Gasteiger partial charge >= 0.3 is 0 Å². The maximum atomic E-state index is 10.7. The smallest absolute Gasteiger partial charge is 0.118 e. The van der Waals surface area contributed by atoms with E-state index in [1.807, 2.05) is 30.3 Å². The lowest BCUT2D eigenvalue weighted by Gasteiger charge is -2.14. The number of hydrogen-bond acceptors (Lipinski definition) is 3. The Morgan fingerprint density at radius 1 is 0.875 bits per heavy atom. The van der Waals surface area contributed by atoms with Crippen molar-refractivity contribution >= 4 is 16.3 Å². The van der Waals surface area contributed by atoms with E-state index < -0.39 is 6.10 Å². The quantitative estimate of drug-likeness (QED) is 0.339. The molecule has 3 heteroatoms. The van der Waals surface area contributed by atoms with Gasteiger partial charge in [0.1, 0.15) is 5.75 Å². The van der Waals surface area contributed by atoms with E-state index in [9.17, 15) is 5.11 Å². The largest absolute Gasteiger partial charge is 0.497 e. The van der Waals surface area contributed by atoms with Gasteiger partial charge in [-0.25, -0.2) is 0 Å². The zero-order chi connectivity index (χ0) is 22.2. The minimum absolute atomic E-state index is 0.543. The molecule has 0 aliphatic carbocycles. The fraction of sp³-hybridized carbons (Fsp3) is 0.172. The first-order valence-corrected chi connectivity index (χ1v) is 11.0. The molecule has 0 fully saturated rings. The summed E-state index contributed by atoms with van der Waals surface area (Å²) < 4.78 is 5.22. The Bertz CT molecular complexity index is 1170. The summed E-state index contributed by atoms with van der Waals surface area (Å²) in [6.07, 6.45) is 2.13. The lowest BCUT2D eigenvalue weighted by Crippen LogP contribution is -2.16. The lowest BCUT2D eigenvalue weighted by atomic mass is 9.98. The highest BCUT2D eigenvalue weighted by Gasteiger charge is 2.09. The summed E-state index contributed by atoms with van der Waals surface area (Å²) in [7, 11) is 1.65. The summed E-state index contributed by atoms with van der Waals surface area (Å²) in [6.45, 7) is 1.52. The van der Waals surface area contributed by atoms with Crippen LogP contribution in [0.2, 0.25) is 0 Å². The van der Waals surface area contributed by atoms with Crippen molar-refractivity contribution in [1.29, 1.82) is 0 Å². The molecule has 4 aromatic carbocycles. The first-order valence-electron chi connectivity index (χ1n) is 11.0. The van der Waals surface area contributed by atoms with Crippen LogP contribution in [0.25, 0.3) is 16.3 Å². The third kappa shape index (κ3) is 5.64. The Morgan fingerprint density at radius 3 is 2.34 bits per heavy atom.